The van der Waals surface area contributed by atoms with E-state index in [4.69, 9.17) is 4.74 Å². The van der Waals surface area contributed by atoms with Crippen molar-refractivity contribution < 1.29 is 4.74 Å². The van der Waals surface area contributed by atoms with Gasteiger partial charge in [-0.1, -0.05) is 0 Å². The van der Waals surface area contributed by atoms with Gasteiger partial charge in [0.15, 0.2) is 0 Å². The summed E-state index contributed by atoms with van der Waals surface area (Å²) in [5.41, 5.74) is -0.0209. The lowest BCUT2D eigenvalue weighted by Crippen LogP contribution is -2.57. The van der Waals surface area contributed by atoms with Crippen molar-refractivity contribution in [2.45, 2.75) is 50.9 Å². The number of hydrogen-bond acceptors (Lipinski definition) is 3. The molecule has 2 fully saturated rings. The van der Waals surface area contributed by atoms with E-state index >= 15 is 0 Å². The van der Waals surface area contributed by atoms with Crippen LogP contribution in [-0.4, -0.2) is 42.4 Å². The SMILES string of the molecule is CN1CCCC1C1(C)NC(C)(C)CO1. The Kier molecular flexibility index (Phi) is 2.37. The van der Waals surface area contributed by atoms with Gasteiger partial charge in [0.05, 0.1) is 12.6 Å². The maximum atomic E-state index is 5.96. The number of nitrogens with zero attached hydrogens (tertiary/aromatic N) is 1. The highest BCUT2D eigenvalue weighted by Gasteiger charge is 2.48. The lowest BCUT2D eigenvalue weighted by molar-refractivity contribution is -0.0482. The maximum Gasteiger partial charge on any atom is 0.132 e. The van der Waals surface area contributed by atoms with E-state index in [9.17, 15) is 0 Å². The molecule has 0 bridgehead atoms. The Balaban J connectivity index is 2.10. The van der Waals surface area contributed by atoms with Gasteiger partial charge in [0.1, 0.15) is 5.72 Å². The van der Waals surface area contributed by atoms with Gasteiger partial charge in [-0.2, -0.15) is 0 Å². The molecular formula is C11H22N2O. The third-order valence-corrected chi connectivity index (χ3v) is 3.48. The predicted octanol–water partition coefficient (Wildman–Crippen LogP) is 1.20. The van der Waals surface area contributed by atoms with Gasteiger partial charge in [0.2, 0.25) is 0 Å². The summed E-state index contributed by atoms with van der Waals surface area (Å²) >= 11 is 0. The van der Waals surface area contributed by atoms with Gasteiger partial charge in [-0.15, -0.1) is 0 Å². The molecule has 2 rings (SSSR count). The minimum Gasteiger partial charge on any atom is -0.357 e. The van der Waals surface area contributed by atoms with E-state index in [1.54, 1.807) is 0 Å². The van der Waals surface area contributed by atoms with Gasteiger partial charge in [-0.3, -0.25) is 10.2 Å². The minimum absolute atomic E-state index is 0.123. The van der Waals surface area contributed by atoms with Crippen LogP contribution in [0.25, 0.3) is 0 Å². The molecule has 3 heteroatoms. The summed E-state index contributed by atoms with van der Waals surface area (Å²) in [6.07, 6.45) is 2.54. The Morgan fingerprint density at radius 1 is 1.36 bits per heavy atom. The number of likely N-dealkylation sites (tertiary alicyclic amines) is 1. The van der Waals surface area contributed by atoms with E-state index in [0.717, 1.165) is 6.61 Å². The molecule has 0 aromatic heterocycles. The molecule has 0 spiro atoms. The van der Waals surface area contributed by atoms with E-state index in [-0.39, 0.29) is 11.3 Å². The van der Waals surface area contributed by atoms with Crippen molar-refractivity contribution >= 4 is 0 Å². The average Bonchev–Trinajstić information content (AvgIpc) is 2.57. The summed E-state index contributed by atoms with van der Waals surface area (Å²) in [7, 11) is 2.19. The fourth-order valence-corrected chi connectivity index (χ4v) is 2.86. The summed E-state index contributed by atoms with van der Waals surface area (Å²) in [5.74, 6) is 0. The van der Waals surface area contributed by atoms with Gasteiger partial charge in [-0.05, 0) is 47.2 Å². The summed E-state index contributed by atoms with van der Waals surface area (Å²) < 4.78 is 5.96. The van der Waals surface area contributed by atoms with Crippen LogP contribution in [-0.2, 0) is 4.74 Å². The quantitative estimate of drug-likeness (QED) is 0.685. The molecule has 14 heavy (non-hydrogen) atoms. The topological polar surface area (TPSA) is 24.5 Å². The molecule has 82 valence electrons. The minimum atomic E-state index is -0.144. The lowest BCUT2D eigenvalue weighted by atomic mass is 10.0. The van der Waals surface area contributed by atoms with Crippen LogP contribution in [0.15, 0.2) is 0 Å². The Hall–Kier alpha value is -0.120. The fourth-order valence-electron chi connectivity index (χ4n) is 2.86. The number of nitrogens with one attached hydrogen (secondary N) is 1. The summed E-state index contributed by atoms with van der Waals surface area (Å²) in [5, 5.41) is 3.62. The molecule has 0 amide bonds. The molecule has 3 nitrogen and oxygen atoms in total. The molecule has 0 aromatic rings. The molecular weight excluding hydrogens is 176 g/mol. The first-order valence-electron chi connectivity index (χ1n) is 5.56. The number of rotatable bonds is 1. The van der Waals surface area contributed by atoms with Crippen LogP contribution in [0.2, 0.25) is 0 Å². The van der Waals surface area contributed by atoms with E-state index in [2.05, 4.69) is 38.0 Å². The van der Waals surface area contributed by atoms with Crippen LogP contribution in [0, 0.1) is 0 Å². The molecule has 2 unspecified atom stereocenters. The van der Waals surface area contributed by atoms with Crippen LogP contribution < -0.4 is 5.32 Å². The molecule has 0 aliphatic carbocycles. The molecule has 2 saturated heterocycles. The van der Waals surface area contributed by atoms with Crippen LogP contribution in [0.4, 0.5) is 0 Å². The average molecular weight is 198 g/mol. The fraction of sp³-hybridized carbons (Fsp3) is 1.00. The second-order valence-electron chi connectivity index (χ2n) is 5.54. The lowest BCUT2D eigenvalue weighted by Gasteiger charge is -2.36. The van der Waals surface area contributed by atoms with Crippen molar-refractivity contribution in [2.75, 3.05) is 20.2 Å². The zero-order chi connectivity index (χ0) is 10.4. The van der Waals surface area contributed by atoms with E-state index in [1.807, 2.05) is 0 Å². The largest absolute Gasteiger partial charge is 0.357 e. The molecule has 2 aliphatic heterocycles. The van der Waals surface area contributed by atoms with Gasteiger partial charge in [0.25, 0.3) is 0 Å². The maximum absolute atomic E-state index is 5.96. The van der Waals surface area contributed by atoms with Crippen molar-refractivity contribution in [3.63, 3.8) is 0 Å². The zero-order valence-electron chi connectivity index (χ0n) is 9.76. The molecule has 0 aromatic carbocycles. The Morgan fingerprint density at radius 2 is 2.07 bits per heavy atom. The normalized spacial score (nSPS) is 43.3. The van der Waals surface area contributed by atoms with Gasteiger partial charge < -0.3 is 4.74 Å². The second kappa shape index (κ2) is 3.19. The van der Waals surface area contributed by atoms with Crippen LogP contribution in [0.3, 0.4) is 0 Å². The third-order valence-electron chi connectivity index (χ3n) is 3.48. The Labute approximate surface area is 86.8 Å². The second-order valence-corrected chi connectivity index (χ2v) is 5.54. The van der Waals surface area contributed by atoms with Gasteiger partial charge >= 0.3 is 0 Å². The highest BCUT2D eigenvalue weighted by atomic mass is 16.5. The molecule has 2 aliphatic rings. The molecule has 2 heterocycles. The van der Waals surface area contributed by atoms with Crippen LogP contribution in [0.1, 0.15) is 33.6 Å². The van der Waals surface area contributed by atoms with E-state index < -0.39 is 0 Å². The van der Waals surface area contributed by atoms with Crippen molar-refractivity contribution in [1.82, 2.24) is 10.2 Å². The van der Waals surface area contributed by atoms with E-state index in [1.165, 1.54) is 19.4 Å². The highest BCUT2D eigenvalue weighted by Crippen LogP contribution is 2.32. The Bertz CT molecular complexity index is 229. The predicted molar refractivity (Wildman–Crippen MR) is 57.2 cm³/mol. The standard InChI is InChI=1S/C11H22N2O/c1-10(2)8-14-11(3,12-10)9-6-5-7-13(9)4/h9,12H,5-8H2,1-4H3. The molecule has 1 N–H and O–H groups in total. The number of hydrogen-bond donors (Lipinski definition) is 1. The number of likely N-dealkylation sites (N-methyl/N-ethyl adjacent to an activating group) is 1. The summed E-state index contributed by atoms with van der Waals surface area (Å²) in [4.78, 5) is 2.41. The van der Waals surface area contributed by atoms with Crippen molar-refractivity contribution in [1.29, 1.82) is 0 Å². The highest BCUT2D eigenvalue weighted by molar-refractivity contribution is 5.00. The van der Waals surface area contributed by atoms with Crippen molar-refractivity contribution in [3.8, 4) is 0 Å². The van der Waals surface area contributed by atoms with Crippen LogP contribution in [0.5, 0.6) is 0 Å². The van der Waals surface area contributed by atoms with Crippen molar-refractivity contribution in [2.24, 2.45) is 0 Å². The smallest absolute Gasteiger partial charge is 0.132 e. The van der Waals surface area contributed by atoms with E-state index in [0.29, 0.717) is 6.04 Å². The van der Waals surface area contributed by atoms with Crippen LogP contribution >= 0.6 is 0 Å². The zero-order valence-corrected chi connectivity index (χ0v) is 9.76. The number of ether oxygens (including phenoxy) is 1. The first-order chi connectivity index (χ1) is 6.43. The van der Waals surface area contributed by atoms with Gasteiger partial charge in [0, 0.05) is 5.54 Å². The summed E-state index contributed by atoms with van der Waals surface area (Å²) in [6.45, 7) is 8.61. The molecule has 0 saturated carbocycles. The van der Waals surface area contributed by atoms with Gasteiger partial charge in [-0.25, -0.2) is 0 Å². The first-order valence-corrected chi connectivity index (χ1v) is 5.56. The molecule has 2 atom stereocenters. The Morgan fingerprint density at radius 3 is 2.50 bits per heavy atom. The molecule has 0 radical (unpaired) electrons. The van der Waals surface area contributed by atoms with Crippen molar-refractivity contribution in [3.05, 3.63) is 0 Å². The third kappa shape index (κ3) is 1.69. The monoisotopic (exact) mass is 198 g/mol. The first kappa shape index (κ1) is 10.4. The summed E-state index contributed by atoms with van der Waals surface area (Å²) in [6, 6.07) is 0.532.